The van der Waals surface area contributed by atoms with Crippen LogP contribution in [0.4, 0.5) is 11.8 Å². The average Bonchev–Trinajstić information content (AvgIpc) is 2.61. The smallest absolute Gasteiger partial charge is 0.259 e. The van der Waals surface area contributed by atoms with Crippen LogP contribution in [0.3, 0.4) is 0 Å². The summed E-state index contributed by atoms with van der Waals surface area (Å²) in [7, 11) is 0. The molecule has 3 N–H and O–H groups in total. The van der Waals surface area contributed by atoms with Crippen LogP contribution in [0.5, 0.6) is 5.88 Å². The standard InChI is InChI=1S/C16H20N6O3/c1-2-25-14-11(4-3-5-18-14)15(24)22-8-6-21(7-9-22)12-10-13(23)20-16(17)19-12/h3-5,10H,2,6-9H2,1H3,(H3,17,19,20,23). The van der Waals surface area contributed by atoms with Gasteiger partial charge < -0.3 is 20.3 Å². The maximum Gasteiger partial charge on any atom is 0.259 e. The summed E-state index contributed by atoms with van der Waals surface area (Å²) >= 11 is 0. The summed E-state index contributed by atoms with van der Waals surface area (Å²) in [5, 5.41) is 0. The minimum absolute atomic E-state index is 0.0812. The minimum Gasteiger partial charge on any atom is -0.477 e. The number of aromatic amines is 1. The van der Waals surface area contributed by atoms with Gasteiger partial charge in [-0.3, -0.25) is 14.6 Å². The van der Waals surface area contributed by atoms with Gasteiger partial charge in [-0.1, -0.05) is 0 Å². The van der Waals surface area contributed by atoms with Crippen LogP contribution in [-0.4, -0.2) is 58.5 Å². The molecule has 2 aromatic heterocycles. The summed E-state index contributed by atoms with van der Waals surface area (Å²) in [5.41, 5.74) is 5.75. The third-order valence-electron chi connectivity index (χ3n) is 3.92. The molecule has 1 aliphatic rings. The first kappa shape index (κ1) is 16.7. The Balaban J connectivity index is 1.70. The zero-order valence-electron chi connectivity index (χ0n) is 13.9. The second-order valence-corrected chi connectivity index (χ2v) is 5.56. The van der Waals surface area contributed by atoms with Gasteiger partial charge in [0.2, 0.25) is 11.8 Å². The van der Waals surface area contributed by atoms with E-state index in [0.717, 1.165) is 0 Å². The molecule has 0 atom stereocenters. The molecule has 1 saturated heterocycles. The molecule has 0 unspecified atom stereocenters. The van der Waals surface area contributed by atoms with Gasteiger partial charge in [-0.05, 0) is 19.1 Å². The fraction of sp³-hybridized carbons (Fsp3) is 0.375. The van der Waals surface area contributed by atoms with E-state index in [0.29, 0.717) is 50.0 Å². The van der Waals surface area contributed by atoms with Crippen molar-refractivity contribution in [3.63, 3.8) is 0 Å². The van der Waals surface area contributed by atoms with E-state index in [-0.39, 0.29) is 17.4 Å². The fourth-order valence-electron chi connectivity index (χ4n) is 2.74. The lowest BCUT2D eigenvalue weighted by atomic mass is 10.2. The van der Waals surface area contributed by atoms with E-state index < -0.39 is 0 Å². The van der Waals surface area contributed by atoms with Gasteiger partial charge in [0.25, 0.3) is 11.5 Å². The molecule has 3 heterocycles. The number of H-pyrrole nitrogens is 1. The van der Waals surface area contributed by atoms with Gasteiger partial charge in [0.1, 0.15) is 11.4 Å². The zero-order chi connectivity index (χ0) is 17.8. The molecule has 1 amide bonds. The lowest BCUT2D eigenvalue weighted by Gasteiger charge is -2.35. The van der Waals surface area contributed by atoms with E-state index in [1.807, 2.05) is 11.8 Å². The van der Waals surface area contributed by atoms with Gasteiger partial charge in [0.15, 0.2) is 0 Å². The quantitative estimate of drug-likeness (QED) is 0.808. The van der Waals surface area contributed by atoms with E-state index in [9.17, 15) is 9.59 Å². The predicted octanol–water partition coefficient (Wildman–Crippen LogP) is 0.108. The number of nitrogens with zero attached hydrogens (tertiary/aromatic N) is 4. The summed E-state index contributed by atoms with van der Waals surface area (Å²) < 4.78 is 5.43. The van der Waals surface area contributed by atoms with Gasteiger partial charge in [-0.2, -0.15) is 4.98 Å². The molecule has 0 aromatic carbocycles. The number of hydrogen-bond donors (Lipinski definition) is 2. The summed E-state index contributed by atoms with van der Waals surface area (Å²) in [5.74, 6) is 0.832. The SMILES string of the molecule is CCOc1ncccc1C(=O)N1CCN(c2cc(=O)[nH]c(N)n2)CC1. The van der Waals surface area contributed by atoms with Crippen LogP contribution in [0.25, 0.3) is 0 Å². The van der Waals surface area contributed by atoms with Crippen LogP contribution in [0.15, 0.2) is 29.2 Å². The van der Waals surface area contributed by atoms with E-state index in [2.05, 4.69) is 15.0 Å². The number of pyridine rings is 1. The molecular weight excluding hydrogens is 324 g/mol. The number of amides is 1. The first-order chi connectivity index (χ1) is 12.1. The van der Waals surface area contributed by atoms with Crippen molar-refractivity contribution < 1.29 is 9.53 Å². The van der Waals surface area contributed by atoms with Crippen molar-refractivity contribution in [2.24, 2.45) is 0 Å². The molecule has 132 valence electrons. The Kier molecular flexibility index (Phi) is 4.82. The van der Waals surface area contributed by atoms with Crippen molar-refractivity contribution >= 4 is 17.7 Å². The Labute approximate surface area is 144 Å². The summed E-state index contributed by atoms with van der Waals surface area (Å²) in [6, 6.07) is 4.84. The maximum absolute atomic E-state index is 12.7. The van der Waals surface area contributed by atoms with Gasteiger partial charge in [-0.15, -0.1) is 0 Å². The lowest BCUT2D eigenvalue weighted by Crippen LogP contribution is -2.49. The van der Waals surface area contributed by atoms with Gasteiger partial charge in [0, 0.05) is 38.4 Å². The Morgan fingerprint density at radius 2 is 2.12 bits per heavy atom. The molecule has 9 nitrogen and oxygen atoms in total. The third kappa shape index (κ3) is 3.70. The molecule has 1 aliphatic heterocycles. The second-order valence-electron chi connectivity index (χ2n) is 5.56. The maximum atomic E-state index is 12.7. The number of carbonyl (C=O) groups excluding carboxylic acids is 1. The van der Waals surface area contributed by atoms with Crippen LogP contribution in [0, 0.1) is 0 Å². The molecule has 0 saturated carbocycles. The van der Waals surface area contributed by atoms with Crippen molar-refractivity contribution in [2.45, 2.75) is 6.92 Å². The topological polar surface area (TPSA) is 117 Å². The molecule has 9 heteroatoms. The highest BCUT2D eigenvalue weighted by atomic mass is 16.5. The Morgan fingerprint density at radius 3 is 2.80 bits per heavy atom. The van der Waals surface area contributed by atoms with Gasteiger partial charge in [0.05, 0.1) is 6.61 Å². The van der Waals surface area contributed by atoms with Crippen LogP contribution >= 0.6 is 0 Å². The number of anilines is 2. The molecule has 3 rings (SSSR count). The first-order valence-electron chi connectivity index (χ1n) is 8.07. The Hall–Kier alpha value is -3.10. The number of hydrogen-bond acceptors (Lipinski definition) is 7. The van der Waals surface area contributed by atoms with Crippen LogP contribution < -0.4 is 20.9 Å². The largest absolute Gasteiger partial charge is 0.477 e. The second kappa shape index (κ2) is 7.20. The predicted molar refractivity (Wildman–Crippen MR) is 92.8 cm³/mol. The minimum atomic E-state index is -0.294. The van der Waals surface area contributed by atoms with E-state index in [1.54, 1.807) is 23.2 Å². The van der Waals surface area contributed by atoms with E-state index >= 15 is 0 Å². The van der Waals surface area contributed by atoms with Gasteiger partial charge >= 0.3 is 0 Å². The highest BCUT2D eigenvalue weighted by Gasteiger charge is 2.25. The van der Waals surface area contributed by atoms with Crippen LogP contribution in [0.1, 0.15) is 17.3 Å². The molecule has 0 radical (unpaired) electrons. The van der Waals surface area contributed by atoms with Crippen molar-refractivity contribution in [3.05, 3.63) is 40.3 Å². The number of rotatable bonds is 4. The number of carbonyl (C=O) groups is 1. The van der Waals surface area contributed by atoms with Crippen molar-refractivity contribution in [1.82, 2.24) is 19.9 Å². The van der Waals surface area contributed by atoms with Crippen LogP contribution in [-0.2, 0) is 0 Å². The van der Waals surface area contributed by atoms with E-state index in [1.165, 1.54) is 6.07 Å². The van der Waals surface area contributed by atoms with Crippen molar-refractivity contribution in [1.29, 1.82) is 0 Å². The molecule has 0 bridgehead atoms. The van der Waals surface area contributed by atoms with Gasteiger partial charge in [-0.25, -0.2) is 4.98 Å². The number of nitrogen functional groups attached to an aromatic ring is 1. The Bertz CT molecular complexity index is 814. The molecule has 2 aromatic rings. The normalized spacial score (nSPS) is 14.4. The number of nitrogens with two attached hydrogens (primary N) is 1. The fourth-order valence-corrected chi connectivity index (χ4v) is 2.74. The Morgan fingerprint density at radius 1 is 1.36 bits per heavy atom. The zero-order valence-corrected chi connectivity index (χ0v) is 13.9. The number of ether oxygens (including phenoxy) is 1. The molecule has 0 aliphatic carbocycles. The van der Waals surface area contributed by atoms with Crippen molar-refractivity contribution in [3.8, 4) is 5.88 Å². The summed E-state index contributed by atoms with van der Waals surface area (Å²) in [4.78, 5) is 38.6. The monoisotopic (exact) mass is 344 g/mol. The van der Waals surface area contributed by atoms with Crippen LogP contribution in [0.2, 0.25) is 0 Å². The molecular formula is C16H20N6O3. The third-order valence-corrected chi connectivity index (χ3v) is 3.92. The number of piperazine rings is 1. The van der Waals surface area contributed by atoms with Crippen molar-refractivity contribution in [2.75, 3.05) is 43.4 Å². The van der Waals surface area contributed by atoms with E-state index in [4.69, 9.17) is 10.5 Å². The highest BCUT2D eigenvalue weighted by Crippen LogP contribution is 2.19. The summed E-state index contributed by atoms with van der Waals surface area (Å²) in [6.07, 6.45) is 1.60. The average molecular weight is 344 g/mol. The summed E-state index contributed by atoms with van der Waals surface area (Å²) in [6.45, 7) is 4.43. The molecule has 0 spiro atoms. The highest BCUT2D eigenvalue weighted by molar-refractivity contribution is 5.96. The lowest BCUT2D eigenvalue weighted by molar-refractivity contribution is 0.0741. The number of aromatic nitrogens is 3. The molecule has 25 heavy (non-hydrogen) atoms. The molecule has 1 fully saturated rings. The number of nitrogens with one attached hydrogen (secondary N) is 1. The first-order valence-corrected chi connectivity index (χ1v) is 8.07.